The lowest BCUT2D eigenvalue weighted by atomic mass is 10.0. The lowest BCUT2D eigenvalue weighted by molar-refractivity contribution is 0.303. The molecule has 0 bridgehead atoms. The number of nitrogens with one attached hydrogen (secondary N) is 1. The van der Waals surface area contributed by atoms with Crippen molar-refractivity contribution in [3.63, 3.8) is 0 Å². The van der Waals surface area contributed by atoms with Gasteiger partial charge in [-0.05, 0) is 54.5 Å². The van der Waals surface area contributed by atoms with Gasteiger partial charge in [0.25, 0.3) is 0 Å². The zero-order valence-electron chi connectivity index (χ0n) is 12.2. The van der Waals surface area contributed by atoms with Gasteiger partial charge < -0.3 is 10.1 Å². The van der Waals surface area contributed by atoms with Crippen molar-refractivity contribution in [1.82, 2.24) is 5.32 Å². The van der Waals surface area contributed by atoms with Crippen LogP contribution in [0, 0.1) is 0 Å². The summed E-state index contributed by atoms with van der Waals surface area (Å²) in [5.74, 6) is 0.992. The third-order valence-corrected chi connectivity index (χ3v) is 4.14. The van der Waals surface area contributed by atoms with E-state index in [4.69, 9.17) is 4.74 Å². The summed E-state index contributed by atoms with van der Waals surface area (Å²) < 4.78 is 5.79. The van der Waals surface area contributed by atoms with Crippen molar-refractivity contribution in [2.45, 2.75) is 44.4 Å². The fraction of sp³-hybridized carbons (Fsp3) is 0.368. The van der Waals surface area contributed by atoms with Crippen LogP contribution in [-0.2, 0) is 6.54 Å². The Labute approximate surface area is 126 Å². The van der Waals surface area contributed by atoms with Gasteiger partial charge in [0.15, 0.2) is 0 Å². The number of ether oxygens (including phenoxy) is 1. The second kappa shape index (κ2) is 5.53. The second-order valence-electron chi connectivity index (χ2n) is 6.19. The third-order valence-electron chi connectivity index (χ3n) is 4.14. The molecule has 2 fully saturated rings. The molecule has 108 valence electrons. The van der Waals surface area contributed by atoms with E-state index in [-0.39, 0.29) is 0 Å². The molecule has 0 saturated heterocycles. The first-order valence-corrected chi connectivity index (χ1v) is 7.96. The van der Waals surface area contributed by atoms with Crippen molar-refractivity contribution >= 4 is 0 Å². The highest BCUT2D eigenvalue weighted by Gasteiger charge is 2.23. The van der Waals surface area contributed by atoms with Crippen LogP contribution in [0.2, 0.25) is 0 Å². The minimum absolute atomic E-state index is 0.467. The van der Waals surface area contributed by atoms with Crippen LogP contribution in [0.1, 0.15) is 31.2 Å². The van der Waals surface area contributed by atoms with Gasteiger partial charge in [0.1, 0.15) is 5.75 Å². The summed E-state index contributed by atoms with van der Waals surface area (Å²) in [7, 11) is 0. The Bertz CT molecular complexity index is 594. The van der Waals surface area contributed by atoms with Crippen molar-refractivity contribution in [3.8, 4) is 16.9 Å². The Morgan fingerprint density at radius 1 is 0.810 bits per heavy atom. The lowest BCUT2D eigenvalue weighted by Gasteiger charge is -2.07. The largest absolute Gasteiger partial charge is 0.490 e. The van der Waals surface area contributed by atoms with Crippen LogP contribution in [0.5, 0.6) is 5.75 Å². The van der Waals surface area contributed by atoms with Crippen LogP contribution < -0.4 is 10.1 Å². The summed E-state index contributed by atoms with van der Waals surface area (Å²) in [5.41, 5.74) is 3.88. The van der Waals surface area contributed by atoms with Gasteiger partial charge in [-0.1, -0.05) is 36.4 Å². The molecule has 2 aromatic rings. The van der Waals surface area contributed by atoms with Crippen molar-refractivity contribution in [1.29, 1.82) is 0 Å². The topological polar surface area (TPSA) is 21.3 Å². The Morgan fingerprint density at radius 2 is 1.43 bits per heavy atom. The fourth-order valence-electron chi connectivity index (χ4n) is 2.47. The number of benzene rings is 2. The molecular formula is C19H21NO. The minimum Gasteiger partial charge on any atom is -0.490 e. The van der Waals surface area contributed by atoms with Gasteiger partial charge >= 0.3 is 0 Å². The average molecular weight is 279 g/mol. The van der Waals surface area contributed by atoms with E-state index in [1.165, 1.54) is 42.4 Å². The van der Waals surface area contributed by atoms with E-state index >= 15 is 0 Å². The van der Waals surface area contributed by atoms with Gasteiger partial charge in [0, 0.05) is 12.6 Å². The maximum Gasteiger partial charge on any atom is 0.119 e. The van der Waals surface area contributed by atoms with E-state index in [2.05, 4.69) is 53.8 Å². The number of hydrogen-bond acceptors (Lipinski definition) is 2. The molecule has 2 aliphatic rings. The Kier molecular flexibility index (Phi) is 3.40. The predicted molar refractivity (Wildman–Crippen MR) is 85.4 cm³/mol. The molecule has 2 nitrogen and oxygen atoms in total. The summed E-state index contributed by atoms with van der Waals surface area (Å²) in [4.78, 5) is 0. The van der Waals surface area contributed by atoms with Crippen molar-refractivity contribution < 1.29 is 4.74 Å². The van der Waals surface area contributed by atoms with E-state index in [1.807, 2.05) is 0 Å². The predicted octanol–water partition coefficient (Wildman–Crippen LogP) is 4.15. The van der Waals surface area contributed by atoms with E-state index in [0.29, 0.717) is 6.10 Å². The van der Waals surface area contributed by atoms with Crippen LogP contribution in [-0.4, -0.2) is 12.1 Å². The zero-order chi connectivity index (χ0) is 14.1. The van der Waals surface area contributed by atoms with Gasteiger partial charge in [-0.25, -0.2) is 0 Å². The Balaban J connectivity index is 1.41. The van der Waals surface area contributed by atoms with Crippen LogP contribution >= 0.6 is 0 Å². The normalized spacial score (nSPS) is 17.7. The standard InChI is InChI=1S/C19H21NO/c1-3-15(4-2-14(1)13-20-17-7-8-17)16-5-9-18(10-6-16)21-19-11-12-19/h1-6,9-10,17,19-20H,7-8,11-13H2. The highest BCUT2D eigenvalue weighted by atomic mass is 16.5. The molecule has 2 aliphatic carbocycles. The molecule has 0 amide bonds. The fourth-order valence-corrected chi connectivity index (χ4v) is 2.47. The molecule has 0 aliphatic heterocycles. The Morgan fingerprint density at radius 3 is 2.00 bits per heavy atom. The zero-order valence-corrected chi connectivity index (χ0v) is 12.2. The van der Waals surface area contributed by atoms with Crippen LogP contribution in [0.15, 0.2) is 48.5 Å². The molecule has 0 radical (unpaired) electrons. The smallest absolute Gasteiger partial charge is 0.119 e. The van der Waals surface area contributed by atoms with Gasteiger partial charge in [-0.2, -0.15) is 0 Å². The summed E-state index contributed by atoms with van der Waals surface area (Å²) in [6, 6.07) is 18.1. The summed E-state index contributed by atoms with van der Waals surface area (Å²) >= 11 is 0. The quantitative estimate of drug-likeness (QED) is 0.857. The molecule has 2 saturated carbocycles. The summed E-state index contributed by atoms with van der Waals surface area (Å²) in [6.45, 7) is 0.985. The van der Waals surface area contributed by atoms with Crippen LogP contribution in [0.4, 0.5) is 0 Å². The molecule has 1 N–H and O–H groups in total. The van der Waals surface area contributed by atoms with Crippen molar-refractivity contribution in [3.05, 3.63) is 54.1 Å². The maximum absolute atomic E-state index is 5.79. The van der Waals surface area contributed by atoms with Crippen LogP contribution in [0.3, 0.4) is 0 Å². The third kappa shape index (κ3) is 3.45. The molecule has 0 heterocycles. The second-order valence-corrected chi connectivity index (χ2v) is 6.19. The number of hydrogen-bond donors (Lipinski definition) is 1. The molecule has 2 heteroatoms. The molecule has 21 heavy (non-hydrogen) atoms. The first-order valence-electron chi connectivity index (χ1n) is 7.96. The van der Waals surface area contributed by atoms with Crippen LogP contribution in [0.25, 0.3) is 11.1 Å². The van der Waals surface area contributed by atoms with E-state index in [9.17, 15) is 0 Å². The molecule has 2 aromatic carbocycles. The van der Waals surface area contributed by atoms with E-state index in [0.717, 1.165) is 18.3 Å². The molecule has 0 spiro atoms. The van der Waals surface area contributed by atoms with Crippen molar-refractivity contribution in [2.75, 3.05) is 0 Å². The first kappa shape index (κ1) is 12.9. The first-order chi connectivity index (χ1) is 10.4. The molecule has 0 aromatic heterocycles. The molecule has 4 rings (SSSR count). The lowest BCUT2D eigenvalue weighted by Crippen LogP contribution is -2.14. The highest BCUT2D eigenvalue weighted by Crippen LogP contribution is 2.28. The van der Waals surface area contributed by atoms with Gasteiger partial charge in [0.05, 0.1) is 6.10 Å². The monoisotopic (exact) mass is 279 g/mol. The average Bonchev–Trinajstić information content (AvgIpc) is 3.42. The summed E-state index contributed by atoms with van der Waals surface area (Å²) in [6.07, 6.45) is 5.56. The van der Waals surface area contributed by atoms with Gasteiger partial charge in [-0.15, -0.1) is 0 Å². The Hall–Kier alpha value is -1.80. The van der Waals surface area contributed by atoms with Gasteiger partial charge in [0.2, 0.25) is 0 Å². The van der Waals surface area contributed by atoms with Gasteiger partial charge in [-0.3, -0.25) is 0 Å². The highest BCUT2D eigenvalue weighted by molar-refractivity contribution is 5.64. The maximum atomic E-state index is 5.79. The van der Waals surface area contributed by atoms with E-state index in [1.54, 1.807) is 0 Å². The minimum atomic E-state index is 0.467. The number of rotatable bonds is 6. The SMILES string of the molecule is c1cc(-c2ccc(OC3CC3)cc2)ccc1CNC1CC1. The molecule has 0 unspecified atom stereocenters. The molecule has 0 atom stereocenters. The van der Waals surface area contributed by atoms with E-state index < -0.39 is 0 Å². The van der Waals surface area contributed by atoms with Crippen molar-refractivity contribution in [2.24, 2.45) is 0 Å². The summed E-state index contributed by atoms with van der Waals surface area (Å²) in [5, 5.41) is 3.55. The molecular weight excluding hydrogens is 258 g/mol.